The first-order chi connectivity index (χ1) is 11.9. The van der Waals surface area contributed by atoms with Crippen LogP contribution in [-0.4, -0.2) is 63.1 Å². The molecule has 0 aromatic heterocycles. The molecule has 0 unspecified atom stereocenters. The monoisotopic (exact) mass is 468 g/mol. The maximum atomic E-state index is 9.01. The van der Waals surface area contributed by atoms with Crippen molar-refractivity contribution in [3.8, 4) is 0 Å². The molecule has 0 radical (unpaired) electrons. The van der Waals surface area contributed by atoms with E-state index in [0.717, 1.165) is 0 Å². The molecule has 0 aliphatic carbocycles. The van der Waals surface area contributed by atoms with Gasteiger partial charge in [0, 0.05) is 0 Å². The first-order valence-corrected chi connectivity index (χ1v) is 12.1. The largest absolute Gasteiger partial charge is 0.548 e. The number of aliphatic hydroxyl groups is 2. The number of carbonyl (C=O) groups excluding carboxylic acids is 2. The van der Waals surface area contributed by atoms with Crippen LogP contribution in [0.15, 0.2) is 25.5 Å². The topological polar surface area (TPSA) is 130 Å². The second-order valence-electron chi connectivity index (χ2n) is 4.31. The van der Waals surface area contributed by atoms with E-state index in [-0.39, 0.29) is 21.1 Å². The van der Waals surface area contributed by atoms with Crippen molar-refractivity contribution >= 4 is 33.1 Å². The van der Waals surface area contributed by atoms with Crippen LogP contribution in [-0.2, 0) is 14.3 Å². The van der Waals surface area contributed by atoms with Crippen LogP contribution in [0.4, 0.5) is 0 Å². The molecule has 0 heterocycles. The molecule has 25 heavy (non-hydrogen) atoms. The Bertz CT molecular complexity index is 269. The Morgan fingerprint density at radius 1 is 1.00 bits per heavy atom. The van der Waals surface area contributed by atoms with Gasteiger partial charge in [-0.05, 0) is 0 Å². The molecule has 0 atom stereocenters. The van der Waals surface area contributed by atoms with Gasteiger partial charge < -0.3 is 34.8 Å². The fourth-order valence-corrected chi connectivity index (χ4v) is 5.02. The van der Waals surface area contributed by atoms with Crippen LogP contribution in [0.3, 0.4) is 0 Å². The number of aliphatic carboxylic acids is 2. The maximum Gasteiger partial charge on any atom is 0.0826 e. The molecule has 0 aromatic rings. The Hall–Kier alpha value is -1.06. The molecular weight excluding hydrogens is 435 g/mol. The molecule has 0 rings (SSSR count). The van der Waals surface area contributed by atoms with Gasteiger partial charge in [-0.2, -0.15) is 0 Å². The number of carboxylic acid groups (broad SMARTS) is 2. The number of carboxylic acids is 2. The molecule has 0 aromatic carbocycles. The first-order valence-electron chi connectivity index (χ1n) is 8.03. The van der Waals surface area contributed by atoms with Gasteiger partial charge in [0.05, 0.1) is 31.4 Å². The van der Waals surface area contributed by atoms with Gasteiger partial charge in [-0.15, -0.1) is 0 Å². The zero-order valence-electron chi connectivity index (χ0n) is 15.4. The fourth-order valence-electron chi connectivity index (χ4n) is 0.865. The van der Waals surface area contributed by atoms with Gasteiger partial charge in [0.1, 0.15) is 6.61 Å². The van der Waals surface area contributed by atoms with Gasteiger partial charge in [0.15, 0.2) is 0 Å². The Morgan fingerprint density at radius 2 is 1.36 bits per heavy atom. The van der Waals surface area contributed by atoms with E-state index in [1.54, 1.807) is 14.9 Å². The Morgan fingerprint density at radius 3 is 1.52 bits per heavy atom. The number of aliphatic hydroxyl groups excluding tert-OH is 2. The van der Waals surface area contributed by atoms with Crippen LogP contribution < -0.4 is 10.2 Å². The molecule has 0 saturated heterocycles. The average Bonchev–Trinajstić information content (AvgIpc) is 2.61. The summed E-state index contributed by atoms with van der Waals surface area (Å²) in [6, 6.07) is 0. The second kappa shape index (κ2) is 34.3. The summed E-state index contributed by atoms with van der Waals surface area (Å²) in [4.78, 5) is 18.0. The first kappa shape index (κ1) is 31.7. The minimum atomic E-state index is -1.44. The summed E-state index contributed by atoms with van der Waals surface area (Å²) < 4.78 is 7.88. The van der Waals surface area contributed by atoms with Crippen LogP contribution in [0.25, 0.3) is 0 Å². The summed E-state index contributed by atoms with van der Waals surface area (Å²) in [5.41, 5.74) is 0. The fraction of sp³-hybridized carbons (Fsp3) is 0.647. The molecule has 0 saturated carbocycles. The number of unbranched alkanes of at least 4 members (excludes halogenated alkanes) is 2. The molecule has 0 spiro atoms. The van der Waals surface area contributed by atoms with Crippen molar-refractivity contribution in [2.24, 2.45) is 0 Å². The normalized spacial score (nSPS) is 7.84. The zero-order chi connectivity index (χ0) is 20.3. The van der Waals surface area contributed by atoms with Crippen LogP contribution in [0.1, 0.15) is 39.5 Å². The summed E-state index contributed by atoms with van der Waals surface area (Å²) in [6.07, 6.45) is 8.90. The number of rotatable bonds is 11. The van der Waals surface area contributed by atoms with Crippen LogP contribution in [0, 0.1) is 0 Å². The summed E-state index contributed by atoms with van der Waals surface area (Å²) in [6.45, 7) is 10.1. The van der Waals surface area contributed by atoms with Crippen molar-refractivity contribution in [1.82, 2.24) is 0 Å². The van der Waals surface area contributed by atoms with Crippen molar-refractivity contribution < 1.29 is 34.8 Å². The van der Waals surface area contributed by atoms with E-state index >= 15 is 0 Å². The third-order valence-corrected chi connectivity index (χ3v) is 6.04. The zero-order valence-corrected chi connectivity index (χ0v) is 18.2. The minimum Gasteiger partial charge on any atom is -0.548 e. The predicted molar refractivity (Wildman–Crippen MR) is 95.7 cm³/mol. The average molecular weight is 467 g/mol. The molecule has 2 N–H and O–H groups in total. The van der Waals surface area contributed by atoms with Crippen molar-refractivity contribution in [2.45, 2.75) is 48.4 Å². The Kier molecular flexibility index (Phi) is 43.5. The van der Waals surface area contributed by atoms with Gasteiger partial charge >= 0.3 is 69.5 Å². The standard InChI is InChI=1S/C5H8O.2C4H9.2C2H4O3.Sn/c1-3-5-6-4-2;2*1-3-4-2;2*3-1-2(4)5;/h3-4H,1-2,5H2;2*1,3-4H2,2H3;2*3H,1H2,(H,4,5);/q;;;;;+2/p-2. The number of hydrogen-bond acceptors (Lipinski definition) is 7. The SMILES string of the molecule is C=CCOC=C.CCC[CH2][Sn+2][CH2]CCC.O=C([O-])CO.O=C([O-])CO. The summed E-state index contributed by atoms with van der Waals surface area (Å²) in [5.74, 6) is -2.88. The van der Waals surface area contributed by atoms with Gasteiger partial charge in [0.25, 0.3) is 0 Å². The summed E-state index contributed by atoms with van der Waals surface area (Å²) >= 11 is 0.149. The predicted octanol–water partition coefficient (Wildman–Crippen LogP) is -0.0829. The third kappa shape index (κ3) is 70.6. The van der Waals surface area contributed by atoms with Crippen LogP contribution in [0.2, 0.25) is 8.87 Å². The second-order valence-corrected chi connectivity index (χ2v) is 8.59. The van der Waals surface area contributed by atoms with Crippen molar-refractivity contribution in [3.05, 3.63) is 25.5 Å². The van der Waals surface area contributed by atoms with Gasteiger partial charge in [-0.1, -0.05) is 19.2 Å². The van der Waals surface area contributed by atoms with E-state index in [2.05, 4.69) is 31.7 Å². The summed E-state index contributed by atoms with van der Waals surface area (Å²) in [5, 5.41) is 33.0. The molecule has 8 heteroatoms. The smallest absolute Gasteiger partial charge is 0.0826 e. The molecule has 146 valence electrons. The van der Waals surface area contributed by atoms with Crippen LogP contribution in [0.5, 0.6) is 0 Å². The number of hydrogen-bond donors (Lipinski definition) is 2. The molecule has 0 bridgehead atoms. The van der Waals surface area contributed by atoms with Gasteiger partial charge in [-0.3, -0.25) is 0 Å². The van der Waals surface area contributed by atoms with E-state index in [0.29, 0.717) is 6.61 Å². The van der Waals surface area contributed by atoms with Crippen molar-refractivity contribution in [1.29, 1.82) is 0 Å². The maximum absolute atomic E-state index is 9.01. The molecular formula is C17H32O7Sn. The van der Waals surface area contributed by atoms with E-state index in [1.165, 1.54) is 31.9 Å². The Labute approximate surface area is 161 Å². The molecule has 0 aliphatic heterocycles. The van der Waals surface area contributed by atoms with Gasteiger partial charge in [-0.25, -0.2) is 0 Å². The number of ether oxygens (including phenoxy) is 1. The third-order valence-electron chi connectivity index (χ3n) is 2.00. The van der Waals surface area contributed by atoms with E-state index in [9.17, 15) is 0 Å². The van der Waals surface area contributed by atoms with E-state index < -0.39 is 25.2 Å². The summed E-state index contributed by atoms with van der Waals surface area (Å²) in [7, 11) is 0. The Balaban J connectivity index is -0.000000122. The molecule has 0 fully saturated rings. The molecule has 0 aliphatic rings. The van der Waals surface area contributed by atoms with Crippen LogP contribution >= 0.6 is 0 Å². The van der Waals surface area contributed by atoms with Crippen molar-refractivity contribution in [2.75, 3.05) is 19.8 Å². The molecule has 0 amide bonds. The molecule has 7 nitrogen and oxygen atoms in total. The number of carbonyl (C=O) groups is 2. The van der Waals surface area contributed by atoms with Crippen molar-refractivity contribution in [3.63, 3.8) is 0 Å². The van der Waals surface area contributed by atoms with E-state index in [1.807, 2.05) is 0 Å². The van der Waals surface area contributed by atoms with E-state index in [4.69, 9.17) is 30.0 Å². The quantitative estimate of drug-likeness (QED) is 0.188. The minimum absolute atomic E-state index is 0.149. The van der Waals surface area contributed by atoms with Gasteiger partial charge in [0.2, 0.25) is 0 Å².